The van der Waals surface area contributed by atoms with E-state index < -0.39 is 0 Å². The summed E-state index contributed by atoms with van der Waals surface area (Å²) >= 11 is 3.42. The van der Waals surface area contributed by atoms with Gasteiger partial charge in [-0.25, -0.2) is 0 Å². The summed E-state index contributed by atoms with van der Waals surface area (Å²) in [4.78, 5) is 3.34. The Bertz CT molecular complexity index is 608. The SMILES string of the molecule is Brc1ccc(Nc2cc3ccccc3[nH]2)cc1. The highest BCUT2D eigenvalue weighted by Crippen LogP contribution is 2.22. The summed E-state index contributed by atoms with van der Waals surface area (Å²) in [5.74, 6) is 1.01. The van der Waals surface area contributed by atoms with Crippen LogP contribution in [0, 0.1) is 0 Å². The second kappa shape index (κ2) is 4.26. The van der Waals surface area contributed by atoms with E-state index in [0.29, 0.717) is 0 Å². The molecule has 3 aromatic rings. The number of hydrogen-bond acceptors (Lipinski definition) is 1. The molecule has 3 rings (SSSR count). The molecule has 2 aromatic carbocycles. The Morgan fingerprint density at radius 1 is 0.941 bits per heavy atom. The van der Waals surface area contributed by atoms with Crippen LogP contribution in [0.1, 0.15) is 0 Å². The predicted molar refractivity (Wildman–Crippen MR) is 75.7 cm³/mol. The first-order valence-electron chi connectivity index (χ1n) is 5.42. The zero-order valence-corrected chi connectivity index (χ0v) is 10.7. The number of para-hydroxylation sites is 1. The van der Waals surface area contributed by atoms with Gasteiger partial charge in [0.15, 0.2) is 0 Å². The Hall–Kier alpha value is -1.74. The summed E-state index contributed by atoms with van der Waals surface area (Å²) in [5.41, 5.74) is 2.21. The fraction of sp³-hybridized carbons (Fsp3) is 0. The lowest BCUT2D eigenvalue weighted by molar-refractivity contribution is 1.42. The average Bonchev–Trinajstić information content (AvgIpc) is 2.74. The predicted octanol–water partition coefficient (Wildman–Crippen LogP) is 4.67. The van der Waals surface area contributed by atoms with E-state index in [1.807, 2.05) is 36.4 Å². The molecule has 2 nitrogen and oxygen atoms in total. The fourth-order valence-corrected chi connectivity index (χ4v) is 2.09. The van der Waals surface area contributed by atoms with Crippen molar-refractivity contribution in [3.8, 4) is 0 Å². The summed E-state index contributed by atoms with van der Waals surface area (Å²) < 4.78 is 1.08. The van der Waals surface area contributed by atoms with Crippen molar-refractivity contribution >= 4 is 38.3 Å². The van der Waals surface area contributed by atoms with Gasteiger partial charge in [0.25, 0.3) is 0 Å². The molecule has 0 unspecified atom stereocenters. The minimum atomic E-state index is 1.01. The van der Waals surface area contributed by atoms with Crippen LogP contribution < -0.4 is 5.32 Å². The molecule has 84 valence electrons. The number of H-pyrrole nitrogens is 1. The lowest BCUT2D eigenvalue weighted by Crippen LogP contribution is -1.88. The smallest absolute Gasteiger partial charge is 0.108 e. The van der Waals surface area contributed by atoms with Gasteiger partial charge in [0, 0.05) is 21.1 Å². The third kappa shape index (κ3) is 2.19. The fourth-order valence-electron chi connectivity index (χ4n) is 1.83. The lowest BCUT2D eigenvalue weighted by Gasteiger charge is -2.03. The molecule has 0 saturated heterocycles. The number of benzene rings is 2. The van der Waals surface area contributed by atoms with Crippen molar-refractivity contribution in [2.45, 2.75) is 0 Å². The Morgan fingerprint density at radius 2 is 1.71 bits per heavy atom. The number of aromatic amines is 1. The molecule has 0 aliphatic heterocycles. The second-order valence-corrected chi connectivity index (χ2v) is 4.82. The molecular formula is C14H11BrN2. The van der Waals surface area contributed by atoms with Crippen molar-refractivity contribution in [3.63, 3.8) is 0 Å². The highest BCUT2D eigenvalue weighted by molar-refractivity contribution is 9.10. The minimum Gasteiger partial charge on any atom is -0.342 e. The first-order chi connectivity index (χ1) is 8.31. The van der Waals surface area contributed by atoms with Crippen molar-refractivity contribution in [3.05, 3.63) is 59.1 Å². The molecule has 0 aliphatic carbocycles. The average molecular weight is 287 g/mol. The quantitative estimate of drug-likeness (QED) is 0.704. The summed E-state index contributed by atoms with van der Waals surface area (Å²) in [5, 5.41) is 4.56. The number of rotatable bonds is 2. The van der Waals surface area contributed by atoms with E-state index in [1.54, 1.807) is 0 Å². The van der Waals surface area contributed by atoms with E-state index in [-0.39, 0.29) is 0 Å². The van der Waals surface area contributed by atoms with Crippen molar-refractivity contribution < 1.29 is 0 Å². The number of halogens is 1. The van der Waals surface area contributed by atoms with Crippen LogP contribution in [0.2, 0.25) is 0 Å². The zero-order chi connectivity index (χ0) is 11.7. The van der Waals surface area contributed by atoms with Gasteiger partial charge in [0.05, 0.1) is 0 Å². The number of fused-ring (bicyclic) bond motifs is 1. The number of nitrogens with one attached hydrogen (secondary N) is 2. The maximum atomic E-state index is 3.42. The normalized spacial score (nSPS) is 10.6. The lowest BCUT2D eigenvalue weighted by atomic mass is 10.2. The zero-order valence-electron chi connectivity index (χ0n) is 9.07. The molecule has 1 heterocycles. The molecule has 0 bridgehead atoms. The third-order valence-corrected chi connectivity index (χ3v) is 3.18. The van der Waals surface area contributed by atoms with Gasteiger partial charge in [0.1, 0.15) is 5.82 Å². The van der Waals surface area contributed by atoms with Crippen LogP contribution in [0.25, 0.3) is 10.9 Å². The van der Waals surface area contributed by atoms with Gasteiger partial charge >= 0.3 is 0 Å². The summed E-state index contributed by atoms with van der Waals surface area (Å²) in [6.07, 6.45) is 0. The van der Waals surface area contributed by atoms with Gasteiger partial charge in [-0.05, 0) is 36.4 Å². The van der Waals surface area contributed by atoms with E-state index in [2.05, 4.69) is 44.4 Å². The van der Waals surface area contributed by atoms with E-state index >= 15 is 0 Å². The monoisotopic (exact) mass is 286 g/mol. The molecule has 0 radical (unpaired) electrons. The summed E-state index contributed by atoms with van der Waals surface area (Å²) in [6.45, 7) is 0. The highest BCUT2D eigenvalue weighted by Gasteiger charge is 1.99. The maximum Gasteiger partial charge on any atom is 0.108 e. The van der Waals surface area contributed by atoms with Crippen LogP contribution in [0.15, 0.2) is 59.1 Å². The van der Waals surface area contributed by atoms with Crippen LogP contribution in [-0.4, -0.2) is 4.98 Å². The first kappa shape index (κ1) is 10.4. The molecule has 0 spiro atoms. The number of hydrogen-bond donors (Lipinski definition) is 2. The third-order valence-electron chi connectivity index (χ3n) is 2.65. The summed E-state index contributed by atoms with van der Waals surface area (Å²) in [6, 6.07) is 18.5. The summed E-state index contributed by atoms with van der Waals surface area (Å²) in [7, 11) is 0. The van der Waals surface area contributed by atoms with Crippen molar-refractivity contribution in [2.24, 2.45) is 0 Å². The van der Waals surface area contributed by atoms with E-state index in [1.165, 1.54) is 5.39 Å². The molecule has 2 N–H and O–H groups in total. The molecule has 0 saturated carbocycles. The van der Waals surface area contributed by atoms with Gasteiger partial charge < -0.3 is 10.3 Å². The van der Waals surface area contributed by atoms with Crippen molar-refractivity contribution in [2.75, 3.05) is 5.32 Å². The van der Waals surface area contributed by atoms with Crippen LogP contribution in [-0.2, 0) is 0 Å². The van der Waals surface area contributed by atoms with E-state index in [0.717, 1.165) is 21.5 Å². The molecule has 0 fully saturated rings. The molecule has 1 aromatic heterocycles. The Kier molecular flexibility index (Phi) is 2.61. The largest absolute Gasteiger partial charge is 0.342 e. The molecule has 0 atom stereocenters. The molecular weight excluding hydrogens is 276 g/mol. The van der Waals surface area contributed by atoms with Crippen LogP contribution in [0.4, 0.5) is 11.5 Å². The second-order valence-electron chi connectivity index (χ2n) is 3.90. The van der Waals surface area contributed by atoms with Gasteiger partial charge in [-0.3, -0.25) is 0 Å². The topological polar surface area (TPSA) is 27.8 Å². The molecule has 0 amide bonds. The minimum absolute atomic E-state index is 1.01. The van der Waals surface area contributed by atoms with Crippen molar-refractivity contribution in [1.82, 2.24) is 4.98 Å². The van der Waals surface area contributed by atoms with Crippen LogP contribution in [0.3, 0.4) is 0 Å². The van der Waals surface area contributed by atoms with E-state index in [9.17, 15) is 0 Å². The van der Waals surface area contributed by atoms with Crippen LogP contribution in [0.5, 0.6) is 0 Å². The standard InChI is InChI=1S/C14H11BrN2/c15-11-5-7-12(8-6-11)16-14-9-10-3-1-2-4-13(10)17-14/h1-9,16-17H. The van der Waals surface area contributed by atoms with Gasteiger partial charge in [-0.15, -0.1) is 0 Å². The van der Waals surface area contributed by atoms with Gasteiger partial charge in [0.2, 0.25) is 0 Å². The van der Waals surface area contributed by atoms with Gasteiger partial charge in [-0.2, -0.15) is 0 Å². The Labute approximate surface area is 108 Å². The Balaban J connectivity index is 1.92. The first-order valence-corrected chi connectivity index (χ1v) is 6.21. The molecule has 17 heavy (non-hydrogen) atoms. The molecule has 3 heteroatoms. The van der Waals surface area contributed by atoms with Crippen molar-refractivity contribution in [1.29, 1.82) is 0 Å². The number of anilines is 2. The van der Waals surface area contributed by atoms with Crippen LogP contribution >= 0.6 is 15.9 Å². The maximum absolute atomic E-state index is 3.42. The Morgan fingerprint density at radius 3 is 2.47 bits per heavy atom. The highest BCUT2D eigenvalue weighted by atomic mass is 79.9. The molecule has 0 aliphatic rings. The van der Waals surface area contributed by atoms with E-state index in [4.69, 9.17) is 0 Å². The van der Waals surface area contributed by atoms with Gasteiger partial charge in [-0.1, -0.05) is 34.1 Å². The number of aromatic nitrogens is 1.